The number of nitrogens with one attached hydrogen (secondary N) is 2. The van der Waals surface area contributed by atoms with Crippen LogP contribution in [0.1, 0.15) is 36.8 Å². The molecule has 0 fully saturated rings. The summed E-state index contributed by atoms with van der Waals surface area (Å²) < 4.78 is 6.31. The van der Waals surface area contributed by atoms with E-state index in [0.717, 1.165) is 0 Å². The van der Waals surface area contributed by atoms with Gasteiger partial charge in [-0.15, -0.1) is 0 Å². The second-order valence-electron chi connectivity index (χ2n) is 7.68. The highest BCUT2D eigenvalue weighted by Gasteiger charge is 2.27. The summed E-state index contributed by atoms with van der Waals surface area (Å²) in [4.78, 5) is 49.6. The van der Waals surface area contributed by atoms with E-state index in [-0.39, 0.29) is 12.1 Å². The Hall–Kier alpha value is -3.96. The topological polar surface area (TPSA) is 166 Å². The fourth-order valence-electron chi connectivity index (χ4n) is 2.61. The van der Waals surface area contributed by atoms with E-state index in [9.17, 15) is 29.6 Å². The molecule has 166 valence electrons. The van der Waals surface area contributed by atoms with E-state index in [1.807, 2.05) is 0 Å². The van der Waals surface area contributed by atoms with Crippen molar-refractivity contribution in [3.8, 4) is 0 Å². The molecule has 1 aromatic carbocycles. The van der Waals surface area contributed by atoms with Gasteiger partial charge in [-0.25, -0.2) is 9.59 Å². The summed E-state index contributed by atoms with van der Waals surface area (Å²) in [6.45, 7) is 4.99. The third-order valence-electron chi connectivity index (χ3n) is 3.95. The first-order valence-corrected chi connectivity index (χ1v) is 9.15. The van der Waals surface area contributed by atoms with Crippen LogP contribution in [0.15, 0.2) is 30.6 Å². The number of hydrogen-bond acceptors (Lipinski definition) is 7. The number of carboxylic acids is 1. The quantitative estimate of drug-likeness (QED) is 0.441. The number of aliphatic carboxylic acids is 1. The van der Waals surface area contributed by atoms with E-state index in [2.05, 4.69) is 15.6 Å². The molecule has 0 bridgehead atoms. The maximum atomic E-state index is 12.4. The van der Waals surface area contributed by atoms with Crippen molar-refractivity contribution in [2.24, 2.45) is 7.05 Å². The Morgan fingerprint density at radius 3 is 2.39 bits per heavy atom. The number of hydrogen-bond donors (Lipinski definition) is 3. The maximum absolute atomic E-state index is 12.4. The van der Waals surface area contributed by atoms with Crippen LogP contribution in [-0.2, 0) is 23.0 Å². The highest BCUT2D eigenvalue weighted by atomic mass is 16.6. The van der Waals surface area contributed by atoms with Gasteiger partial charge in [0.05, 0.1) is 0 Å². The Balaban J connectivity index is 2.06. The number of benzene rings is 1. The largest absolute Gasteiger partial charge is 0.480 e. The summed E-state index contributed by atoms with van der Waals surface area (Å²) in [5.41, 5.74) is -0.0542. The van der Waals surface area contributed by atoms with Gasteiger partial charge in [-0.1, -0.05) is 12.1 Å². The fraction of sp³-hybridized carbons (Fsp3) is 0.368. The van der Waals surface area contributed by atoms with Crippen molar-refractivity contribution >= 4 is 29.5 Å². The van der Waals surface area contributed by atoms with Crippen molar-refractivity contribution in [1.82, 2.24) is 14.9 Å². The molecule has 0 radical (unpaired) electrons. The van der Waals surface area contributed by atoms with Crippen molar-refractivity contribution in [2.45, 2.75) is 38.8 Å². The molecule has 1 atom stereocenters. The standard InChI is InChI=1S/C19H23N5O7/c1-19(2,3)31-18(28)22-13(17(26)27)9-11-5-7-12(8-6-11)21-16(25)14-15(24(29)30)20-10-23(14)4/h5-8,10,13H,9H2,1-4H3,(H,21,25)(H,22,28)(H,26,27)/t13-/m0/s1. The highest BCUT2D eigenvalue weighted by Crippen LogP contribution is 2.18. The van der Waals surface area contributed by atoms with Gasteiger partial charge in [0.2, 0.25) is 12.0 Å². The van der Waals surface area contributed by atoms with Crippen LogP contribution in [0.3, 0.4) is 0 Å². The van der Waals surface area contributed by atoms with Crippen LogP contribution < -0.4 is 10.6 Å². The van der Waals surface area contributed by atoms with Gasteiger partial charge >= 0.3 is 17.9 Å². The number of nitrogens with zero attached hydrogens (tertiary/aromatic N) is 3. The SMILES string of the molecule is Cn1cnc([N+](=O)[O-])c1C(=O)Nc1ccc(C[C@H](NC(=O)OC(C)(C)C)C(=O)O)cc1. The second-order valence-corrected chi connectivity index (χ2v) is 7.68. The number of nitro groups is 1. The minimum atomic E-state index is -1.23. The van der Waals surface area contributed by atoms with Crippen LogP contribution in [0.25, 0.3) is 0 Å². The Kier molecular flexibility index (Phi) is 6.95. The molecule has 0 unspecified atom stereocenters. The van der Waals surface area contributed by atoms with E-state index < -0.39 is 40.4 Å². The molecule has 3 N–H and O–H groups in total. The average Bonchev–Trinajstić information content (AvgIpc) is 3.03. The molecule has 12 heteroatoms. The van der Waals surface area contributed by atoms with Gasteiger partial charge in [-0.3, -0.25) is 4.79 Å². The number of alkyl carbamates (subject to hydrolysis) is 1. The number of aromatic nitrogens is 2. The van der Waals surface area contributed by atoms with Gasteiger partial charge in [0.25, 0.3) is 5.91 Å². The average molecular weight is 433 g/mol. The molecule has 2 rings (SSSR count). The fourth-order valence-corrected chi connectivity index (χ4v) is 2.61. The van der Waals surface area contributed by atoms with Crippen molar-refractivity contribution in [1.29, 1.82) is 0 Å². The van der Waals surface area contributed by atoms with Gasteiger partial charge in [0.15, 0.2) is 0 Å². The van der Waals surface area contributed by atoms with E-state index in [0.29, 0.717) is 11.3 Å². The molecule has 0 spiro atoms. The Bertz CT molecular complexity index is 992. The molecule has 0 saturated heterocycles. The van der Waals surface area contributed by atoms with Crippen LogP contribution in [0, 0.1) is 10.1 Å². The maximum Gasteiger partial charge on any atom is 0.408 e. The first-order valence-electron chi connectivity index (χ1n) is 9.15. The summed E-state index contributed by atoms with van der Waals surface area (Å²) >= 11 is 0. The predicted molar refractivity (Wildman–Crippen MR) is 109 cm³/mol. The highest BCUT2D eigenvalue weighted by molar-refractivity contribution is 6.05. The van der Waals surface area contributed by atoms with E-state index in [1.54, 1.807) is 32.9 Å². The number of carboxylic acid groups (broad SMARTS) is 1. The summed E-state index contributed by atoms with van der Waals surface area (Å²) in [7, 11) is 1.46. The first kappa shape index (κ1) is 23.3. The van der Waals surface area contributed by atoms with Crippen molar-refractivity contribution in [2.75, 3.05) is 5.32 Å². The Morgan fingerprint density at radius 2 is 1.87 bits per heavy atom. The minimum Gasteiger partial charge on any atom is -0.480 e. The number of amides is 2. The van der Waals surface area contributed by atoms with Crippen molar-refractivity contribution < 1.29 is 29.2 Å². The molecule has 0 aliphatic rings. The lowest BCUT2D eigenvalue weighted by atomic mass is 10.1. The van der Waals surface area contributed by atoms with E-state index in [1.165, 1.54) is 30.1 Å². The number of anilines is 1. The Labute approximate surface area is 177 Å². The molecule has 0 aliphatic carbocycles. The van der Waals surface area contributed by atoms with E-state index in [4.69, 9.17) is 4.74 Å². The van der Waals surface area contributed by atoms with Gasteiger partial charge in [-0.05, 0) is 48.4 Å². The molecule has 1 heterocycles. The summed E-state index contributed by atoms with van der Waals surface area (Å²) in [6, 6.07) is 4.95. The number of carbonyl (C=O) groups excluding carboxylic acids is 2. The number of rotatable bonds is 7. The lowest BCUT2D eigenvalue weighted by molar-refractivity contribution is -0.389. The van der Waals surface area contributed by atoms with Crippen LogP contribution in [0.4, 0.5) is 16.3 Å². The zero-order valence-electron chi connectivity index (χ0n) is 17.4. The molecule has 12 nitrogen and oxygen atoms in total. The van der Waals surface area contributed by atoms with Gasteiger partial charge in [0, 0.05) is 19.2 Å². The molecular formula is C19H23N5O7. The monoisotopic (exact) mass is 433 g/mol. The van der Waals surface area contributed by atoms with Crippen molar-refractivity contribution in [3.05, 3.63) is 52.0 Å². The van der Waals surface area contributed by atoms with Crippen LogP contribution in [0.5, 0.6) is 0 Å². The molecule has 2 aromatic rings. The van der Waals surface area contributed by atoms with Crippen LogP contribution in [0.2, 0.25) is 0 Å². The number of aryl methyl sites for hydroxylation is 1. The van der Waals surface area contributed by atoms with Gasteiger partial charge in [0.1, 0.15) is 11.6 Å². The predicted octanol–water partition coefficient (Wildman–Crippen LogP) is 2.10. The summed E-state index contributed by atoms with van der Waals surface area (Å²) in [6.07, 6.45) is 0.303. The number of imidazole rings is 1. The van der Waals surface area contributed by atoms with Crippen molar-refractivity contribution in [3.63, 3.8) is 0 Å². The van der Waals surface area contributed by atoms with E-state index >= 15 is 0 Å². The Morgan fingerprint density at radius 1 is 1.26 bits per heavy atom. The van der Waals surface area contributed by atoms with Crippen LogP contribution >= 0.6 is 0 Å². The molecular weight excluding hydrogens is 410 g/mol. The van der Waals surface area contributed by atoms with Crippen LogP contribution in [-0.4, -0.2) is 49.2 Å². The second kappa shape index (κ2) is 9.24. The van der Waals surface area contributed by atoms with Gasteiger partial charge in [-0.2, -0.15) is 0 Å². The number of carbonyl (C=O) groups is 3. The lowest BCUT2D eigenvalue weighted by Crippen LogP contribution is -2.44. The summed E-state index contributed by atoms with van der Waals surface area (Å²) in [5, 5.41) is 25.2. The molecule has 0 aliphatic heterocycles. The van der Waals surface area contributed by atoms with Gasteiger partial charge < -0.3 is 35.2 Å². The third-order valence-corrected chi connectivity index (χ3v) is 3.95. The normalized spacial score (nSPS) is 12.0. The summed E-state index contributed by atoms with van der Waals surface area (Å²) in [5.74, 6) is -2.50. The molecule has 2 amide bonds. The minimum absolute atomic E-state index is 0.0179. The molecule has 31 heavy (non-hydrogen) atoms. The smallest absolute Gasteiger partial charge is 0.408 e. The molecule has 0 saturated carbocycles. The first-order chi connectivity index (χ1) is 14.4. The zero-order chi connectivity index (χ0) is 23.3. The number of ether oxygens (including phenoxy) is 1. The zero-order valence-corrected chi connectivity index (χ0v) is 17.4. The molecule has 1 aromatic heterocycles. The lowest BCUT2D eigenvalue weighted by Gasteiger charge is -2.22. The third kappa shape index (κ3) is 6.52.